The fourth-order valence-corrected chi connectivity index (χ4v) is 2.72. The van der Waals surface area contributed by atoms with Crippen LogP contribution in [-0.4, -0.2) is 39.7 Å². The molecule has 21 heavy (non-hydrogen) atoms. The number of ether oxygens (including phenoxy) is 1. The van der Waals surface area contributed by atoms with Crippen LogP contribution < -0.4 is 0 Å². The van der Waals surface area contributed by atoms with Gasteiger partial charge in [0.15, 0.2) is 0 Å². The molecular formula is C16H22ClNO3. The van der Waals surface area contributed by atoms with Gasteiger partial charge < -0.3 is 9.84 Å². The van der Waals surface area contributed by atoms with E-state index in [-0.39, 0.29) is 11.9 Å². The Morgan fingerprint density at radius 3 is 2.62 bits per heavy atom. The van der Waals surface area contributed by atoms with E-state index in [1.54, 1.807) is 4.90 Å². The van der Waals surface area contributed by atoms with Crippen LogP contribution in [0.25, 0.3) is 0 Å². The first-order valence-corrected chi connectivity index (χ1v) is 7.65. The molecule has 1 aromatic rings. The number of carbonyl (C=O) groups is 1. The summed E-state index contributed by atoms with van der Waals surface area (Å²) < 4.78 is 5.45. The number of fused-ring (bicyclic) bond motifs is 1. The number of amides is 1. The van der Waals surface area contributed by atoms with Crippen LogP contribution in [0.3, 0.4) is 0 Å². The van der Waals surface area contributed by atoms with Gasteiger partial charge in [0.2, 0.25) is 0 Å². The SMILES string of the molecule is CC(C)(C)OC(=O)N1Cc2ccccc2C[C@H]1[C@H](O)CCl. The number of halogens is 1. The zero-order chi connectivity index (χ0) is 15.6. The number of nitrogens with zero attached hydrogens (tertiary/aromatic N) is 1. The van der Waals surface area contributed by atoms with E-state index in [0.29, 0.717) is 13.0 Å². The van der Waals surface area contributed by atoms with Crippen molar-refractivity contribution in [3.8, 4) is 0 Å². The summed E-state index contributed by atoms with van der Waals surface area (Å²) in [5, 5.41) is 10.1. The minimum absolute atomic E-state index is 0.0894. The Morgan fingerprint density at radius 1 is 1.43 bits per heavy atom. The van der Waals surface area contributed by atoms with Crippen LogP contribution in [0.15, 0.2) is 24.3 Å². The summed E-state index contributed by atoms with van der Waals surface area (Å²) in [6.45, 7) is 5.92. The number of hydrogen-bond donors (Lipinski definition) is 1. The molecule has 116 valence electrons. The summed E-state index contributed by atoms with van der Waals surface area (Å²) >= 11 is 5.79. The first-order valence-electron chi connectivity index (χ1n) is 7.12. The Bertz CT molecular complexity index is 512. The van der Waals surface area contributed by atoms with Crippen molar-refractivity contribution in [2.24, 2.45) is 0 Å². The van der Waals surface area contributed by atoms with E-state index in [1.165, 1.54) is 0 Å². The van der Waals surface area contributed by atoms with E-state index < -0.39 is 17.8 Å². The van der Waals surface area contributed by atoms with E-state index in [4.69, 9.17) is 16.3 Å². The molecule has 0 unspecified atom stereocenters. The van der Waals surface area contributed by atoms with Crippen molar-refractivity contribution in [1.29, 1.82) is 0 Å². The summed E-state index contributed by atoms with van der Waals surface area (Å²) in [4.78, 5) is 14.0. The molecule has 1 heterocycles. The summed E-state index contributed by atoms with van der Waals surface area (Å²) in [5.41, 5.74) is 1.66. The molecule has 0 bridgehead atoms. The third-order valence-electron chi connectivity index (χ3n) is 3.52. The molecular weight excluding hydrogens is 290 g/mol. The lowest BCUT2D eigenvalue weighted by Crippen LogP contribution is -2.52. The van der Waals surface area contributed by atoms with Gasteiger partial charge in [-0.1, -0.05) is 24.3 Å². The molecule has 1 aliphatic heterocycles. The molecule has 1 amide bonds. The number of carbonyl (C=O) groups excluding carboxylic acids is 1. The third-order valence-corrected chi connectivity index (χ3v) is 3.83. The highest BCUT2D eigenvalue weighted by molar-refractivity contribution is 6.18. The van der Waals surface area contributed by atoms with E-state index in [9.17, 15) is 9.90 Å². The maximum Gasteiger partial charge on any atom is 0.410 e. The van der Waals surface area contributed by atoms with Gasteiger partial charge in [0.1, 0.15) is 5.60 Å². The number of hydrogen-bond acceptors (Lipinski definition) is 3. The van der Waals surface area contributed by atoms with Gasteiger partial charge in [0.05, 0.1) is 18.0 Å². The van der Waals surface area contributed by atoms with Gasteiger partial charge in [-0.05, 0) is 38.3 Å². The van der Waals surface area contributed by atoms with Gasteiger partial charge in [-0.3, -0.25) is 4.90 Å². The summed E-state index contributed by atoms with van der Waals surface area (Å²) in [6.07, 6.45) is -0.595. The van der Waals surface area contributed by atoms with Gasteiger partial charge in [0.25, 0.3) is 0 Å². The Morgan fingerprint density at radius 2 is 2.05 bits per heavy atom. The number of alkyl halides is 1. The number of aliphatic hydroxyl groups is 1. The fraction of sp³-hybridized carbons (Fsp3) is 0.562. The summed E-state index contributed by atoms with van der Waals surface area (Å²) in [7, 11) is 0. The lowest BCUT2D eigenvalue weighted by atomic mass is 9.92. The Labute approximate surface area is 130 Å². The first-order chi connectivity index (χ1) is 9.81. The Kier molecular flexibility index (Phi) is 4.79. The molecule has 0 fully saturated rings. The van der Waals surface area contributed by atoms with Crippen molar-refractivity contribution < 1.29 is 14.6 Å². The number of aliphatic hydroxyl groups excluding tert-OH is 1. The predicted molar refractivity (Wildman–Crippen MR) is 82.4 cm³/mol. The molecule has 0 spiro atoms. The van der Waals surface area contributed by atoms with Crippen molar-refractivity contribution >= 4 is 17.7 Å². The molecule has 1 N–H and O–H groups in total. The quantitative estimate of drug-likeness (QED) is 0.854. The largest absolute Gasteiger partial charge is 0.444 e. The molecule has 0 saturated carbocycles. The highest BCUT2D eigenvalue weighted by atomic mass is 35.5. The van der Waals surface area contributed by atoms with Crippen LogP contribution in [0.4, 0.5) is 4.79 Å². The molecule has 4 nitrogen and oxygen atoms in total. The maximum absolute atomic E-state index is 12.4. The molecule has 0 aliphatic carbocycles. The van der Waals surface area contributed by atoms with E-state index in [2.05, 4.69) is 0 Å². The molecule has 0 aromatic heterocycles. The zero-order valence-corrected chi connectivity index (χ0v) is 13.4. The predicted octanol–water partition coefficient (Wildman–Crippen LogP) is 2.95. The lowest BCUT2D eigenvalue weighted by molar-refractivity contribution is -0.00782. The van der Waals surface area contributed by atoms with Gasteiger partial charge in [0, 0.05) is 6.54 Å². The van der Waals surface area contributed by atoms with E-state index in [1.807, 2.05) is 45.0 Å². The number of benzene rings is 1. The van der Waals surface area contributed by atoms with E-state index in [0.717, 1.165) is 11.1 Å². The average molecular weight is 312 g/mol. The van der Waals surface area contributed by atoms with Crippen LogP contribution in [0, 0.1) is 0 Å². The smallest absolute Gasteiger partial charge is 0.410 e. The second-order valence-corrected chi connectivity index (χ2v) is 6.68. The van der Waals surface area contributed by atoms with E-state index >= 15 is 0 Å². The second-order valence-electron chi connectivity index (χ2n) is 6.37. The van der Waals surface area contributed by atoms with Gasteiger partial charge in [-0.2, -0.15) is 0 Å². The second kappa shape index (κ2) is 6.24. The molecule has 2 atom stereocenters. The maximum atomic E-state index is 12.4. The summed E-state index contributed by atoms with van der Waals surface area (Å²) in [6, 6.07) is 7.58. The van der Waals surface area contributed by atoms with Crippen LogP contribution in [0.2, 0.25) is 0 Å². The first kappa shape index (κ1) is 16.1. The lowest BCUT2D eigenvalue weighted by Gasteiger charge is -2.39. The normalized spacial score (nSPS) is 19.9. The molecule has 0 radical (unpaired) electrons. The fourth-order valence-electron chi connectivity index (χ4n) is 2.51. The van der Waals surface area contributed by atoms with Crippen LogP contribution in [-0.2, 0) is 17.7 Å². The molecule has 1 aliphatic rings. The molecule has 0 saturated heterocycles. The van der Waals surface area contributed by atoms with Gasteiger partial charge in [-0.25, -0.2) is 4.79 Å². The molecule has 1 aromatic carbocycles. The monoisotopic (exact) mass is 311 g/mol. The van der Waals surface area contributed by atoms with Gasteiger partial charge in [-0.15, -0.1) is 11.6 Å². The Hall–Kier alpha value is -1.26. The van der Waals surface area contributed by atoms with Crippen LogP contribution in [0.1, 0.15) is 31.9 Å². The average Bonchev–Trinajstić information content (AvgIpc) is 2.43. The minimum atomic E-state index is -0.771. The topological polar surface area (TPSA) is 49.8 Å². The zero-order valence-electron chi connectivity index (χ0n) is 12.7. The van der Waals surface area contributed by atoms with Gasteiger partial charge >= 0.3 is 6.09 Å². The van der Waals surface area contributed by atoms with Crippen LogP contribution in [0.5, 0.6) is 0 Å². The van der Waals surface area contributed by atoms with Crippen LogP contribution >= 0.6 is 11.6 Å². The number of rotatable bonds is 2. The highest BCUT2D eigenvalue weighted by Crippen LogP contribution is 2.27. The van der Waals surface area contributed by atoms with Crippen molar-refractivity contribution in [3.63, 3.8) is 0 Å². The van der Waals surface area contributed by atoms with Crippen molar-refractivity contribution in [1.82, 2.24) is 4.90 Å². The minimum Gasteiger partial charge on any atom is -0.444 e. The molecule has 2 rings (SSSR count). The van der Waals surface area contributed by atoms with Crippen molar-refractivity contribution in [2.45, 2.75) is 51.5 Å². The summed E-state index contributed by atoms with van der Waals surface area (Å²) in [5.74, 6) is 0.0894. The Balaban J connectivity index is 2.26. The highest BCUT2D eigenvalue weighted by Gasteiger charge is 2.36. The van der Waals surface area contributed by atoms with Crippen molar-refractivity contribution in [2.75, 3.05) is 5.88 Å². The third kappa shape index (κ3) is 3.89. The molecule has 5 heteroatoms. The van der Waals surface area contributed by atoms with Crippen molar-refractivity contribution in [3.05, 3.63) is 35.4 Å². The standard InChI is InChI=1S/C16H22ClNO3/c1-16(2,3)21-15(20)18-10-12-7-5-4-6-11(12)8-13(18)14(19)9-17/h4-7,13-14,19H,8-10H2,1-3H3/t13-,14+/m0/s1.